The molecule has 0 aliphatic rings. The first-order chi connectivity index (χ1) is 12.9. The van der Waals surface area contributed by atoms with Gasteiger partial charge in [-0.1, -0.05) is 19.1 Å². The molecule has 0 fully saturated rings. The van der Waals surface area contributed by atoms with E-state index in [-0.39, 0.29) is 12.3 Å². The van der Waals surface area contributed by atoms with Crippen LogP contribution < -0.4 is 5.32 Å². The molecule has 1 aromatic carbocycles. The van der Waals surface area contributed by atoms with E-state index in [9.17, 15) is 27.9 Å². The number of hydrogen-bond donors (Lipinski definition) is 2. The number of carbonyl (C=O) groups is 2. The standard InChI is InChI=1S/C19H22F3N3O3/c1-4-13(9-12-5-7-14(8-6-12)19(20,21)22)16(26)24-15-10-23-25(11-15)18(2,3)17(27)28/h5-8,10-11,13H,4,9H2,1-3H3,(H,24,26)(H,27,28). The number of aromatic nitrogens is 2. The number of amides is 1. The third-order valence-electron chi connectivity index (χ3n) is 4.57. The molecular formula is C19H22F3N3O3. The first-order valence-electron chi connectivity index (χ1n) is 8.70. The lowest BCUT2D eigenvalue weighted by atomic mass is 9.95. The molecule has 28 heavy (non-hydrogen) atoms. The molecule has 2 rings (SSSR count). The monoisotopic (exact) mass is 397 g/mol. The Hall–Kier alpha value is -2.84. The maximum absolute atomic E-state index is 12.6. The number of nitrogens with one attached hydrogen (secondary N) is 1. The Morgan fingerprint density at radius 3 is 2.32 bits per heavy atom. The lowest BCUT2D eigenvalue weighted by Crippen LogP contribution is -2.36. The lowest BCUT2D eigenvalue weighted by molar-refractivity contribution is -0.146. The van der Waals surface area contributed by atoms with Crippen molar-refractivity contribution in [2.75, 3.05) is 5.32 Å². The number of nitrogens with zero attached hydrogens (tertiary/aromatic N) is 2. The fourth-order valence-electron chi connectivity index (χ4n) is 2.57. The molecule has 0 bridgehead atoms. The summed E-state index contributed by atoms with van der Waals surface area (Å²) in [5, 5.41) is 15.9. The molecule has 0 aliphatic carbocycles. The summed E-state index contributed by atoms with van der Waals surface area (Å²) in [6, 6.07) is 4.73. The Morgan fingerprint density at radius 2 is 1.82 bits per heavy atom. The number of carboxylic acids is 1. The van der Waals surface area contributed by atoms with E-state index in [1.807, 2.05) is 6.92 Å². The zero-order valence-corrected chi connectivity index (χ0v) is 15.7. The molecular weight excluding hydrogens is 375 g/mol. The average molecular weight is 397 g/mol. The zero-order chi connectivity index (χ0) is 21.1. The minimum absolute atomic E-state index is 0.287. The van der Waals surface area contributed by atoms with E-state index < -0.39 is 29.2 Å². The van der Waals surface area contributed by atoms with Crippen molar-refractivity contribution in [3.05, 3.63) is 47.8 Å². The number of hydrogen-bond acceptors (Lipinski definition) is 3. The van der Waals surface area contributed by atoms with Crippen LogP contribution in [0.2, 0.25) is 0 Å². The summed E-state index contributed by atoms with van der Waals surface area (Å²) < 4.78 is 39.2. The first kappa shape index (κ1) is 21.5. The molecule has 1 atom stereocenters. The summed E-state index contributed by atoms with van der Waals surface area (Å²) in [5.41, 5.74) is -1.03. The van der Waals surface area contributed by atoms with E-state index in [2.05, 4.69) is 10.4 Å². The number of anilines is 1. The second kappa shape index (κ2) is 8.04. The van der Waals surface area contributed by atoms with Crippen molar-refractivity contribution in [3.63, 3.8) is 0 Å². The normalized spacial score (nSPS) is 13.2. The van der Waals surface area contributed by atoms with Crippen molar-refractivity contribution >= 4 is 17.6 Å². The van der Waals surface area contributed by atoms with Gasteiger partial charge in [-0.2, -0.15) is 18.3 Å². The van der Waals surface area contributed by atoms with Crippen LogP contribution in [0.5, 0.6) is 0 Å². The minimum Gasteiger partial charge on any atom is -0.479 e. The average Bonchev–Trinajstić information content (AvgIpc) is 3.08. The molecule has 1 aromatic heterocycles. The lowest BCUT2D eigenvalue weighted by Gasteiger charge is -2.19. The van der Waals surface area contributed by atoms with Gasteiger partial charge in [-0.25, -0.2) is 4.79 Å². The van der Waals surface area contributed by atoms with Gasteiger partial charge in [0.15, 0.2) is 5.54 Å². The second-order valence-corrected chi connectivity index (χ2v) is 7.03. The van der Waals surface area contributed by atoms with E-state index in [1.165, 1.54) is 43.1 Å². The fourth-order valence-corrected chi connectivity index (χ4v) is 2.57. The van der Waals surface area contributed by atoms with Crippen LogP contribution in [0, 0.1) is 5.92 Å². The first-order valence-corrected chi connectivity index (χ1v) is 8.70. The Morgan fingerprint density at radius 1 is 1.21 bits per heavy atom. The zero-order valence-electron chi connectivity index (χ0n) is 15.7. The highest BCUT2D eigenvalue weighted by atomic mass is 19.4. The number of alkyl halides is 3. The van der Waals surface area contributed by atoms with Crippen LogP contribution in [0.15, 0.2) is 36.7 Å². The summed E-state index contributed by atoms with van der Waals surface area (Å²) in [4.78, 5) is 23.8. The van der Waals surface area contributed by atoms with Crippen LogP contribution in [0.1, 0.15) is 38.3 Å². The summed E-state index contributed by atoms with van der Waals surface area (Å²) in [6.45, 7) is 4.77. The predicted molar refractivity (Wildman–Crippen MR) is 96.7 cm³/mol. The minimum atomic E-state index is -4.40. The summed E-state index contributed by atoms with van der Waals surface area (Å²) >= 11 is 0. The van der Waals surface area contributed by atoms with Gasteiger partial charge in [0.1, 0.15) is 0 Å². The summed E-state index contributed by atoms with van der Waals surface area (Å²) in [7, 11) is 0. The van der Waals surface area contributed by atoms with E-state index in [4.69, 9.17) is 0 Å². The summed E-state index contributed by atoms with van der Waals surface area (Å²) in [5.74, 6) is -1.83. The third-order valence-corrected chi connectivity index (χ3v) is 4.57. The van der Waals surface area contributed by atoms with Crippen LogP contribution in [0.25, 0.3) is 0 Å². The number of halogens is 3. The van der Waals surface area contributed by atoms with Gasteiger partial charge in [-0.05, 0) is 44.4 Å². The van der Waals surface area contributed by atoms with Gasteiger partial charge in [0.2, 0.25) is 5.91 Å². The molecule has 1 heterocycles. The SMILES string of the molecule is CCC(Cc1ccc(C(F)(F)F)cc1)C(=O)Nc1cnn(C(C)(C)C(=O)O)c1. The number of benzene rings is 1. The van der Waals surface area contributed by atoms with Gasteiger partial charge >= 0.3 is 12.1 Å². The quantitative estimate of drug-likeness (QED) is 0.742. The highest BCUT2D eigenvalue weighted by Crippen LogP contribution is 2.29. The van der Waals surface area contributed by atoms with E-state index in [0.717, 1.165) is 12.1 Å². The molecule has 152 valence electrons. The highest BCUT2D eigenvalue weighted by Gasteiger charge is 2.31. The van der Waals surface area contributed by atoms with Crippen LogP contribution >= 0.6 is 0 Å². The molecule has 0 saturated carbocycles. The maximum Gasteiger partial charge on any atom is 0.416 e. The molecule has 0 radical (unpaired) electrons. The second-order valence-electron chi connectivity index (χ2n) is 7.03. The highest BCUT2D eigenvalue weighted by molar-refractivity contribution is 5.92. The fraction of sp³-hybridized carbons (Fsp3) is 0.421. The Labute approximate surface area is 160 Å². The summed E-state index contributed by atoms with van der Waals surface area (Å²) in [6.07, 6.45) is -0.842. The molecule has 2 aromatic rings. The van der Waals surface area contributed by atoms with Crippen molar-refractivity contribution in [1.82, 2.24) is 9.78 Å². The molecule has 0 spiro atoms. The van der Waals surface area contributed by atoms with Crippen molar-refractivity contribution in [2.45, 2.75) is 45.3 Å². The van der Waals surface area contributed by atoms with Gasteiger partial charge in [0, 0.05) is 12.1 Å². The Kier molecular flexibility index (Phi) is 6.16. The van der Waals surface area contributed by atoms with E-state index in [0.29, 0.717) is 17.7 Å². The van der Waals surface area contributed by atoms with Crippen LogP contribution in [0.4, 0.5) is 18.9 Å². The molecule has 0 saturated heterocycles. The van der Waals surface area contributed by atoms with Crippen LogP contribution in [0.3, 0.4) is 0 Å². The van der Waals surface area contributed by atoms with Crippen LogP contribution in [-0.2, 0) is 27.7 Å². The Bertz CT molecular complexity index is 842. The van der Waals surface area contributed by atoms with Crippen molar-refractivity contribution < 1.29 is 27.9 Å². The largest absolute Gasteiger partial charge is 0.479 e. The predicted octanol–water partition coefficient (Wildman–Crippen LogP) is 3.93. The topological polar surface area (TPSA) is 84.2 Å². The molecule has 0 aliphatic heterocycles. The van der Waals surface area contributed by atoms with Gasteiger partial charge in [-0.3, -0.25) is 9.48 Å². The van der Waals surface area contributed by atoms with E-state index in [1.54, 1.807) is 0 Å². The van der Waals surface area contributed by atoms with Gasteiger partial charge < -0.3 is 10.4 Å². The smallest absolute Gasteiger partial charge is 0.416 e. The maximum atomic E-state index is 12.6. The van der Waals surface area contributed by atoms with Crippen molar-refractivity contribution in [2.24, 2.45) is 5.92 Å². The van der Waals surface area contributed by atoms with Crippen molar-refractivity contribution in [1.29, 1.82) is 0 Å². The molecule has 6 nitrogen and oxygen atoms in total. The Balaban J connectivity index is 2.06. The molecule has 2 N–H and O–H groups in total. The third kappa shape index (κ3) is 4.90. The van der Waals surface area contributed by atoms with Crippen LogP contribution in [-0.4, -0.2) is 26.8 Å². The number of carboxylic acid groups (broad SMARTS) is 1. The number of carbonyl (C=O) groups excluding carboxylic acids is 1. The van der Waals surface area contributed by atoms with Gasteiger partial charge in [0.25, 0.3) is 0 Å². The molecule has 1 unspecified atom stereocenters. The van der Waals surface area contributed by atoms with Gasteiger partial charge in [-0.15, -0.1) is 0 Å². The van der Waals surface area contributed by atoms with Gasteiger partial charge in [0.05, 0.1) is 17.4 Å². The molecule has 9 heteroatoms. The van der Waals surface area contributed by atoms with E-state index >= 15 is 0 Å². The number of aliphatic carboxylic acids is 1. The number of rotatable bonds is 7. The van der Waals surface area contributed by atoms with Crippen molar-refractivity contribution in [3.8, 4) is 0 Å². The molecule has 1 amide bonds.